The summed E-state index contributed by atoms with van der Waals surface area (Å²) in [4.78, 5) is 13.4. The number of hydrogen-bond acceptors (Lipinski definition) is 2. The molecule has 0 aliphatic heterocycles. The first kappa shape index (κ1) is 14.4. The van der Waals surface area contributed by atoms with Crippen molar-refractivity contribution in [3.8, 4) is 5.75 Å². The van der Waals surface area contributed by atoms with Gasteiger partial charge in [-0.25, -0.2) is 4.79 Å². The Hall–Kier alpha value is -1.71. The van der Waals surface area contributed by atoms with Crippen molar-refractivity contribution in [1.82, 2.24) is 10.2 Å². The number of benzene rings is 1. The van der Waals surface area contributed by atoms with Crippen LogP contribution in [0.4, 0.5) is 4.79 Å². The quantitative estimate of drug-likeness (QED) is 0.816. The van der Waals surface area contributed by atoms with Crippen LogP contribution >= 0.6 is 0 Å². The second-order valence-electron chi connectivity index (χ2n) is 4.14. The number of urea groups is 1. The molecule has 18 heavy (non-hydrogen) atoms. The van der Waals surface area contributed by atoms with E-state index in [1.165, 1.54) is 5.56 Å². The zero-order valence-corrected chi connectivity index (χ0v) is 11.6. The van der Waals surface area contributed by atoms with Crippen LogP contribution in [0.25, 0.3) is 0 Å². The van der Waals surface area contributed by atoms with Gasteiger partial charge in [0, 0.05) is 13.1 Å². The van der Waals surface area contributed by atoms with Crippen LogP contribution in [0.5, 0.6) is 5.75 Å². The molecule has 0 aromatic heterocycles. The van der Waals surface area contributed by atoms with Gasteiger partial charge in [0.25, 0.3) is 0 Å². The summed E-state index contributed by atoms with van der Waals surface area (Å²) >= 11 is 0. The van der Waals surface area contributed by atoms with Gasteiger partial charge in [0.05, 0.1) is 0 Å². The molecule has 0 spiro atoms. The zero-order valence-electron chi connectivity index (χ0n) is 11.6. The van der Waals surface area contributed by atoms with E-state index in [0.717, 1.165) is 11.3 Å². The summed E-state index contributed by atoms with van der Waals surface area (Å²) in [5, 5.41) is 2.74. The average molecular weight is 250 g/mol. The van der Waals surface area contributed by atoms with Crippen molar-refractivity contribution in [2.24, 2.45) is 0 Å². The maximum Gasteiger partial charge on any atom is 0.319 e. The lowest BCUT2D eigenvalue weighted by Gasteiger charge is -2.19. The van der Waals surface area contributed by atoms with E-state index in [2.05, 4.69) is 5.32 Å². The van der Waals surface area contributed by atoms with Gasteiger partial charge in [0.1, 0.15) is 5.75 Å². The van der Waals surface area contributed by atoms with Gasteiger partial charge in [0.2, 0.25) is 0 Å². The molecular weight excluding hydrogens is 228 g/mol. The summed E-state index contributed by atoms with van der Waals surface area (Å²) in [5.41, 5.74) is 2.29. The van der Waals surface area contributed by atoms with Crippen LogP contribution < -0.4 is 10.1 Å². The van der Waals surface area contributed by atoms with E-state index >= 15 is 0 Å². The number of ether oxygens (including phenoxy) is 1. The van der Waals surface area contributed by atoms with E-state index < -0.39 is 0 Å². The number of hydrogen-bond donors (Lipinski definition) is 1. The number of carbonyl (C=O) groups excluding carboxylic acids is 1. The number of carbonyl (C=O) groups is 1. The lowest BCUT2D eigenvalue weighted by atomic mass is 10.1. The van der Waals surface area contributed by atoms with Gasteiger partial charge in [-0.1, -0.05) is 12.1 Å². The highest BCUT2D eigenvalue weighted by molar-refractivity contribution is 5.73. The van der Waals surface area contributed by atoms with Crippen LogP contribution in [0.1, 0.15) is 25.0 Å². The number of rotatable bonds is 5. The number of nitrogens with one attached hydrogen (secondary N) is 1. The third kappa shape index (κ3) is 3.65. The maximum atomic E-state index is 11.7. The molecule has 0 unspecified atom stereocenters. The van der Waals surface area contributed by atoms with Crippen LogP contribution in [0.2, 0.25) is 0 Å². The van der Waals surface area contributed by atoms with Crippen LogP contribution in [-0.2, 0) is 0 Å². The fourth-order valence-electron chi connectivity index (χ4n) is 1.68. The Labute approximate surface area is 109 Å². The summed E-state index contributed by atoms with van der Waals surface area (Å²) in [7, 11) is 0. The van der Waals surface area contributed by atoms with Crippen LogP contribution in [-0.4, -0.2) is 30.8 Å². The Kier molecular flexibility index (Phi) is 5.49. The highest BCUT2D eigenvalue weighted by Crippen LogP contribution is 2.19. The highest BCUT2D eigenvalue weighted by Gasteiger charge is 2.08. The number of amides is 2. The van der Waals surface area contributed by atoms with E-state index in [4.69, 9.17) is 4.74 Å². The molecule has 1 aromatic carbocycles. The van der Waals surface area contributed by atoms with E-state index in [9.17, 15) is 4.79 Å². The van der Waals surface area contributed by atoms with Crippen LogP contribution in [0, 0.1) is 13.8 Å². The van der Waals surface area contributed by atoms with Gasteiger partial charge in [-0.2, -0.15) is 0 Å². The fraction of sp³-hybridized carbons (Fsp3) is 0.500. The second kappa shape index (κ2) is 6.89. The molecule has 100 valence electrons. The molecule has 1 N–H and O–H groups in total. The molecule has 0 atom stereocenters. The normalized spacial score (nSPS) is 10.0. The van der Waals surface area contributed by atoms with Gasteiger partial charge in [0.15, 0.2) is 6.73 Å². The Balaban J connectivity index is 2.47. The van der Waals surface area contributed by atoms with Gasteiger partial charge in [-0.3, -0.25) is 0 Å². The minimum atomic E-state index is -0.0923. The topological polar surface area (TPSA) is 41.6 Å². The molecule has 0 bridgehead atoms. The minimum absolute atomic E-state index is 0.0923. The molecule has 0 saturated heterocycles. The highest BCUT2D eigenvalue weighted by atomic mass is 16.5. The molecule has 0 radical (unpaired) electrons. The van der Waals surface area contributed by atoms with E-state index in [1.807, 2.05) is 45.9 Å². The summed E-state index contributed by atoms with van der Waals surface area (Å²) in [6.45, 7) is 9.55. The molecule has 1 aromatic rings. The molecule has 1 rings (SSSR count). The van der Waals surface area contributed by atoms with Gasteiger partial charge < -0.3 is 15.0 Å². The van der Waals surface area contributed by atoms with Crippen molar-refractivity contribution in [2.45, 2.75) is 27.7 Å². The lowest BCUT2D eigenvalue weighted by molar-refractivity contribution is 0.189. The standard InChI is InChI=1S/C14H22N2O2/c1-5-16(6-2)14(17)15-10-18-13-9-7-8-11(3)12(13)4/h7-9H,5-6,10H2,1-4H3,(H,15,17). The van der Waals surface area contributed by atoms with E-state index in [1.54, 1.807) is 4.90 Å². The lowest BCUT2D eigenvalue weighted by Crippen LogP contribution is -2.41. The molecule has 0 aliphatic rings. The number of nitrogens with zero attached hydrogens (tertiary/aromatic N) is 1. The van der Waals surface area contributed by atoms with Gasteiger partial charge in [-0.15, -0.1) is 0 Å². The van der Waals surface area contributed by atoms with Crippen LogP contribution in [0.15, 0.2) is 18.2 Å². The Bertz CT molecular complexity index is 401. The van der Waals surface area contributed by atoms with Crippen molar-refractivity contribution in [3.05, 3.63) is 29.3 Å². The van der Waals surface area contributed by atoms with Crippen molar-refractivity contribution < 1.29 is 9.53 Å². The first-order valence-electron chi connectivity index (χ1n) is 6.31. The minimum Gasteiger partial charge on any atom is -0.473 e. The average Bonchev–Trinajstić information content (AvgIpc) is 2.36. The van der Waals surface area contributed by atoms with E-state index in [0.29, 0.717) is 13.1 Å². The summed E-state index contributed by atoms with van der Waals surface area (Å²) in [6, 6.07) is 5.80. The maximum absolute atomic E-state index is 11.7. The molecule has 0 fully saturated rings. The first-order chi connectivity index (χ1) is 8.60. The van der Waals surface area contributed by atoms with Crippen molar-refractivity contribution in [2.75, 3.05) is 19.8 Å². The summed E-state index contributed by atoms with van der Waals surface area (Å²) < 4.78 is 5.57. The molecule has 4 heteroatoms. The molecule has 0 aliphatic carbocycles. The van der Waals surface area contributed by atoms with Crippen molar-refractivity contribution in [1.29, 1.82) is 0 Å². The first-order valence-corrected chi connectivity index (χ1v) is 6.31. The van der Waals surface area contributed by atoms with Crippen molar-refractivity contribution in [3.63, 3.8) is 0 Å². The zero-order chi connectivity index (χ0) is 13.5. The molecule has 4 nitrogen and oxygen atoms in total. The Morgan fingerprint density at radius 3 is 2.56 bits per heavy atom. The largest absolute Gasteiger partial charge is 0.473 e. The van der Waals surface area contributed by atoms with Gasteiger partial charge >= 0.3 is 6.03 Å². The van der Waals surface area contributed by atoms with E-state index in [-0.39, 0.29) is 12.8 Å². The molecule has 0 heterocycles. The Morgan fingerprint density at radius 1 is 1.28 bits per heavy atom. The Morgan fingerprint density at radius 2 is 1.94 bits per heavy atom. The smallest absolute Gasteiger partial charge is 0.319 e. The SMILES string of the molecule is CCN(CC)C(=O)NCOc1cccc(C)c1C. The molecular formula is C14H22N2O2. The fourth-order valence-corrected chi connectivity index (χ4v) is 1.68. The third-order valence-corrected chi connectivity index (χ3v) is 3.06. The van der Waals surface area contributed by atoms with Gasteiger partial charge in [-0.05, 0) is 44.9 Å². The second-order valence-corrected chi connectivity index (χ2v) is 4.14. The number of aryl methyl sites for hydroxylation is 1. The monoisotopic (exact) mass is 250 g/mol. The summed E-state index contributed by atoms with van der Waals surface area (Å²) in [5.74, 6) is 0.815. The van der Waals surface area contributed by atoms with Crippen molar-refractivity contribution >= 4 is 6.03 Å². The molecule has 2 amide bonds. The third-order valence-electron chi connectivity index (χ3n) is 3.06. The van der Waals surface area contributed by atoms with Crippen LogP contribution in [0.3, 0.4) is 0 Å². The summed E-state index contributed by atoms with van der Waals surface area (Å²) in [6.07, 6.45) is 0. The molecule has 0 saturated carbocycles. The predicted octanol–water partition coefficient (Wildman–Crippen LogP) is 2.69. The predicted molar refractivity (Wildman–Crippen MR) is 72.9 cm³/mol.